The van der Waals surface area contributed by atoms with Crippen molar-refractivity contribution in [2.24, 2.45) is 5.73 Å². The van der Waals surface area contributed by atoms with Crippen molar-refractivity contribution < 1.29 is 0 Å². The van der Waals surface area contributed by atoms with Crippen molar-refractivity contribution in [1.29, 1.82) is 0 Å². The zero-order valence-corrected chi connectivity index (χ0v) is 11.8. The van der Waals surface area contributed by atoms with E-state index in [-0.39, 0.29) is 5.54 Å². The Morgan fingerprint density at radius 3 is 3.22 bits per heavy atom. The van der Waals surface area contributed by atoms with E-state index in [4.69, 9.17) is 5.73 Å². The maximum Gasteiger partial charge on any atom is 0.0795 e. The summed E-state index contributed by atoms with van der Waals surface area (Å²) in [7, 11) is 2.22. The Labute approximate surface area is 113 Å². The lowest BCUT2D eigenvalue weighted by Gasteiger charge is -2.42. The van der Waals surface area contributed by atoms with E-state index >= 15 is 0 Å². The fraction of sp³-hybridized carbons (Fsp3) is 0.769. The summed E-state index contributed by atoms with van der Waals surface area (Å²) in [5, 5.41) is 2.14. The van der Waals surface area contributed by atoms with Crippen molar-refractivity contribution in [2.45, 2.75) is 37.4 Å². The summed E-state index contributed by atoms with van der Waals surface area (Å²) in [4.78, 5) is 9.49. The van der Waals surface area contributed by atoms with Crippen LogP contribution < -0.4 is 5.73 Å². The number of rotatable bonds is 4. The van der Waals surface area contributed by atoms with Gasteiger partial charge in [-0.3, -0.25) is 9.80 Å². The zero-order chi connectivity index (χ0) is 12.6. The third kappa shape index (κ3) is 1.90. The Morgan fingerprint density at radius 2 is 2.50 bits per heavy atom. The van der Waals surface area contributed by atoms with Crippen LogP contribution in [-0.4, -0.2) is 53.0 Å². The van der Waals surface area contributed by atoms with E-state index in [2.05, 4.69) is 27.2 Å². The average molecular weight is 266 g/mol. The van der Waals surface area contributed by atoms with Crippen LogP contribution in [0.2, 0.25) is 0 Å². The van der Waals surface area contributed by atoms with Crippen LogP contribution in [0, 0.1) is 0 Å². The maximum absolute atomic E-state index is 6.17. The van der Waals surface area contributed by atoms with Crippen molar-refractivity contribution in [3.8, 4) is 0 Å². The van der Waals surface area contributed by atoms with Crippen LogP contribution in [-0.2, 0) is 6.54 Å². The minimum absolute atomic E-state index is 0.167. The predicted octanol–water partition coefficient (Wildman–Crippen LogP) is 1.14. The number of hydrogen-bond acceptors (Lipinski definition) is 5. The topological polar surface area (TPSA) is 45.4 Å². The lowest BCUT2D eigenvalue weighted by atomic mass is 9.87. The average Bonchev–Trinajstić information content (AvgIpc) is 3.05. The minimum atomic E-state index is 0.167. The normalized spacial score (nSPS) is 32.3. The van der Waals surface area contributed by atoms with Gasteiger partial charge in [-0.15, -0.1) is 11.3 Å². The highest BCUT2D eigenvalue weighted by Gasteiger charge is 2.50. The smallest absolute Gasteiger partial charge is 0.0795 e. The van der Waals surface area contributed by atoms with Gasteiger partial charge in [-0.25, -0.2) is 4.98 Å². The monoisotopic (exact) mass is 266 g/mol. The highest BCUT2D eigenvalue weighted by atomic mass is 32.1. The van der Waals surface area contributed by atoms with Gasteiger partial charge in [0.25, 0.3) is 0 Å². The van der Waals surface area contributed by atoms with Gasteiger partial charge in [0.05, 0.1) is 11.2 Å². The van der Waals surface area contributed by atoms with Gasteiger partial charge < -0.3 is 5.73 Å². The largest absolute Gasteiger partial charge is 0.329 e. The molecular weight excluding hydrogens is 244 g/mol. The Balaban J connectivity index is 1.78. The predicted molar refractivity (Wildman–Crippen MR) is 74.6 cm³/mol. The van der Waals surface area contributed by atoms with E-state index in [0.717, 1.165) is 13.1 Å². The molecule has 0 saturated carbocycles. The number of nitrogens with two attached hydrogens (primary N) is 1. The molecule has 0 bridgehead atoms. The van der Waals surface area contributed by atoms with Gasteiger partial charge in [0.15, 0.2) is 0 Å². The molecule has 0 spiro atoms. The van der Waals surface area contributed by atoms with Crippen molar-refractivity contribution in [1.82, 2.24) is 14.8 Å². The first-order valence-corrected chi connectivity index (χ1v) is 7.73. The van der Waals surface area contributed by atoms with E-state index in [1.54, 1.807) is 11.3 Å². The number of nitrogens with zero attached hydrogens (tertiary/aromatic N) is 3. The molecule has 2 N–H and O–H groups in total. The molecule has 1 aromatic rings. The molecule has 1 aromatic heterocycles. The summed E-state index contributed by atoms with van der Waals surface area (Å²) < 4.78 is 0. The lowest BCUT2D eigenvalue weighted by Crippen LogP contribution is -2.58. The first kappa shape index (κ1) is 12.5. The standard InChI is InChI=1S/C13H22N4S/c1-16(7-11-8-18-10-15-11)13(9-14)4-6-17-5-2-3-12(13)17/h8,10,12H,2-7,9,14H2,1H3. The molecule has 2 unspecified atom stereocenters. The number of thiazole rings is 1. The Kier molecular flexibility index (Phi) is 3.40. The van der Waals surface area contributed by atoms with Crippen molar-refractivity contribution in [3.63, 3.8) is 0 Å². The van der Waals surface area contributed by atoms with Gasteiger partial charge in [-0.05, 0) is 32.9 Å². The summed E-state index contributed by atoms with van der Waals surface area (Å²) in [6.45, 7) is 4.15. The second-order valence-corrected chi connectivity index (χ2v) is 6.31. The highest BCUT2D eigenvalue weighted by Crippen LogP contribution is 2.39. The number of hydrogen-bond donors (Lipinski definition) is 1. The van der Waals surface area contributed by atoms with Gasteiger partial charge in [-0.1, -0.05) is 0 Å². The first-order chi connectivity index (χ1) is 8.76. The highest BCUT2D eigenvalue weighted by molar-refractivity contribution is 7.07. The Bertz CT molecular complexity index is 394. The van der Waals surface area contributed by atoms with Gasteiger partial charge in [-0.2, -0.15) is 0 Å². The molecule has 18 heavy (non-hydrogen) atoms. The zero-order valence-electron chi connectivity index (χ0n) is 11.0. The summed E-state index contributed by atoms with van der Waals surface area (Å²) in [5.74, 6) is 0. The van der Waals surface area contributed by atoms with Crippen LogP contribution in [0.5, 0.6) is 0 Å². The number of fused-ring (bicyclic) bond motifs is 1. The number of likely N-dealkylation sites (N-methyl/N-ethyl adjacent to an activating group) is 1. The fourth-order valence-electron chi connectivity index (χ4n) is 3.76. The molecule has 3 heterocycles. The molecule has 5 heteroatoms. The van der Waals surface area contributed by atoms with Crippen molar-refractivity contribution >= 4 is 11.3 Å². The van der Waals surface area contributed by atoms with Crippen LogP contribution >= 0.6 is 11.3 Å². The third-order valence-corrected chi connectivity index (χ3v) is 5.45. The maximum atomic E-state index is 6.17. The Morgan fingerprint density at radius 1 is 1.61 bits per heavy atom. The molecule has 2 saturated heterocycles. The molecule has 100 valence electrons. The molecule has 2 aliphatic heterocycles. The molecule has 0 aromatic carbocycles. The summed E-state index contributed by atoms with van der Waals surface area (Å²) in [5.41, 5.74) is 9.42. The summed E-state index contributed by atoms with van der Waals surface area (Å²) in [6, 6.07) is 0.658. The van der Waals surface area contributed by atoms with Crippen LogP contribution in [0.4, 0.5) is 0 Å². The lowest BCUT2D eigenvalue weighted by molar-refractivity contribution is 0.0831. The van der Waals surface area contributed by atoms with Crippen molar-refractivity contribution in [2.75, 3.05) is 26.7 Å². The third-order valence-electron chi connectivity index (χ3n) is 4.81. The SMILES string of the molecule is CN(Cc1cscn1)C1(CN)CCN2CCCC21. The van der Waals surface area contributed by atoms with E-state index in [0.29, 0.717) is 6.04 Å². The second-order valence-electron chi connectivity index (χ2n) is 5.59. The van der Waals surface area contributed by atoms with Crippen LogP contribution in [0.15, 0.2) is 10.9 Å². The van der Waals surface area contributed by atoms with Crippen LogP contribution in [0.3, 0.4) is 0 Å². The molecule has 0 radical (unpaired) electrons. The van der Waals surface area contributed by atoms with E-state index in [1.165, 1.54) is 38.0 Å². The van der Waals surface area contributed by atoms with E-state index in [1.807, 2.05) is 5.51 Å². The molecule has 0 aliphatic carbocycles. The molecule has 2 aliphatic rings. The van der Waals surface area contributed by atoms with Gasteiger partial charge in [0.2, 0.25) is 0 Å². The molecule has 4 nitrogen and oxygen atoms in total. The second kappa shape index (κ2) is 4.89. The van der Waals surface area contributed by atoms with E-state index in [9.17, 15) is 0 Å². The summed E-state index contributed by atoms with van der Waals surface area (Å²) >= 11 is 1.67. The minimum Gasteiger partial charge on any atom is -0.329 e. The molecule has 2 atom stereocenters. The molecule has 3 rings (SSSR count). The summed E-state index contributed by atoms with van der Waals surface area (Å²) in [6.07, 6.45) is 3.84. The fourth-order valence-corrected chi connectivity index (χ4v) is 4.31. The van der Waals surface area contributed by atoms with Crippen molar-refractivity contribution in [3.05, 3.63) is 16.6 Å². The van der Waals surface area contributed by atoms with Gasteiger partial charge in [0, 0.05) is 36.6 Å². The van der Waals surface area contributed by atoms with E-state index < -0.39 is 0 Å². The number of aromatic nitrogens is 1. The molecule has 0 amide bonds. The van der Waals surface area contributed by atoms with Crippen LogP contribution in [0.25, 0.3) is 0 Å². The van der Waals surface area contributed by atoms with Gasteiger partial charge >= 0.3 is 0 Å². The molecule has 2 fully saturated rings. The Hall–Kier alpha value is -0.490. The first-order valence-electron chi connectivity index (χ1n) is 6.79. The van der Waals surface area contributed by atoms with Crippen LogP contribution in [0.1, 0.15) is 25.0 Å². The molecular formula is C13H22N4S. The van der Waals surface area contributed by atoms with Gasteiger partial charge in [0.1, 0.15) is 0 Å². The quantitative estimate of drug-likeness (QED) is 0.888.